The van der Waals surface area contributed by atoms with Gasteiger partial charge in [-0.05, 0) is 0 Å². The lowest BCUT2D eigenvalue weighted by molar-refractivity contribution is -0.237. The Kier molecular flexibility index (Phi) is 7.11. The zero-order chi connectivity index (χ0) is 15.8. The summed E-state index contributed by atoms with van der Waals surface area (Å²) < 4.78 is 34.2. The first-order valence-electron chi connectivity index (χ1n) is 5.01. The van der Waals surface area contributed by atoms with E-state index in [0.717, 1.165) is 0 Å². The third-order valence-electron chi connectivity index (χ3n) is 2.41. The first-order chi connectivity index (χ1) is 8.90. The van der Waals surface area contributed by atoms with Crippen molar-refractivity contribution < 1.29 is 57.8 Å². The number of ether oxygens (including phenoxy) is 1. The lowest BCUT2D eigenvalue weighted by Gasteiger charge is -2.29. The Morgan fingerprint density at radius 2 is 1.62 bits per heavy atom. The normalized spacial score (nSPS) is 33.8. The Bertz CT molecular complexity index is 429. The van der Waals surface area contributed by atoms with E-state index >= 15 is 0 Å². The second kappa shape index (κ2) is 7.09. The molecular weight excluding hydrogens is 338 g/mol. The number of aliphatic hydroxyl groups excluding tert-OH is 3. The summed E-state index contributed by atoms with van der Waals surface area (Å²) >= 11 is 0. The molecule has 0 saturated carbocycles. The molecule has 12 nitrogen and oxygen atoms in total. The van der Waals surface area contributed by atoms with Crippen LogP contribution in [0.25, 0.3) is 0 Å². The van der Waals surface area contributed by atoms with Crippen molar-refractivity contribution in [2.45, 2.75) is 31.5 Å². The third-order valence-corrected chi connectivity index (χ3v) is 3.44. The van der Waals surface area contributed by atoms with E-state index in [1.165, 1.54) is 0 Å². The van der Waals surface area contributed by atoms with Crippen LogP contribution in [-0.4, -0.2) is 72.2 Å². The molecule has 1 heterocycles. The van der Waals surface area contributed by atoms with Gasteiger partial charge >= 0.3 is 15.6 Å². The molecule has 1 aliphatic rings. The van der Waals surface area contributed by atoms with Crippen LogP contribution in [0.2, 0.25) is 0 Å². The Hall–Kier alpha value is 0.0600. The monoisotopic (exact) mass is 356 g/mol. The summed E-state index contributed by atoms with van der Waals surface area (Å²) in [4.78, 5) is 34.3. The fourth-order valence-electron chi connectivity index (χ4n) is 1.60. The number of rotatable bonds is 6. The number of aliphatic hydroxyl groups is 3. The molecule has 1 rings (SSSR count). The van der Waals surface area contributed by atoms with E-state index < -0.39 is 53.0 Å². The summed E-state index contributed by atoms with van der Waals surface area (Å²) in [5, 5.41) is 28.2. The van der Waals surface area contributed by atoms with Gasteiger partial charge in [-0.3, -0.25) is 4.52 Å². The molecule has 0 amide bonds. The van der Waals surface area contributed by atoms with Crippen LogP contribution in [0.1, 0.15) is 7.43 Å². The molecule has 0 aliphatic carbocycles. The van der Waals surface area contributed by atoms with Gasteiger partial charge in [0, 0.05) is 0 Å². The lowest BCUT2D eigenvalue weighted by Crippen LogP contribution is -2.47. The quantitative estimate of drug-likeness (QED) is 0.250. The van der Waals surface area contributed by atoms with Crippen molar-refractivity contribution in [3.8, 4) is 0 Å². The largest absolute Gasteiger partial charge is 0.472 e. The highest BCUT2D eigenvalue weighted by atomic mass is 31.2. The van der Waals surface area contributed by atoms with Gasteiger partial charge < -0.3 is 39.6 Å². The average molecular weight is 356 g/mol. The molecule has 1 saturated heterocycles. The highest BCUT2D eigenvalue weighted by molar-refractivity contribution is 7.46. The third kappa shape index (κ3) is 5.64. The van der Waals surface area contributed by atoms with Crippen molar-refractivity contribution in [2.24, 2.45) is 0 Å². The second-order valence-electron chi connectivity index (χ2n) is 3.93. The van der Waals surface area contributed by atoms with Crippen molar-refractivity contribution >= 4 is 15.6 Å². The molecule has 0 aromatic rings. The van der Waals surface area contributed by atoms with Gasteiger partial charge in [0.2, 0.25) is 5.79 Å². The SMILES string of the molecule is C.O=P(O)(O)OC[C@H]1O[C@@](CO)(OP(=O)(O)O)[C@@H](O)[C@@H]1O. The molecule has 128 valence electrons. The van der Waals surface area contributed by atoms with Gasteiger partial charge in [0.25, 0.3) is 0 Å². The highest BCUT2D eigenvalue weighted by Crippen LogP contribution is 2.47. The van der Waals surface area contributed by atoms with E-state index in [0.29, 0.717) is 0 Å². The topological polar surface area (TPSA) is 203 Å². The summed E-state index contributed by atoms with van der Waals surface area (Å²) in [6.45, 7) is -2.14. The minimum Gasteiger partial charge on any atom is -0.391 e. The van der Waals surface area contributed by atoms with Crippen LogP contribution >= 0.6 is 15.6 Å². The first-order valence-corrected chi connectivity index (χ1v) is 8.07. The smallest absolute Gasteiger partial charge is 0.391 e. The van der Waals surface area contributed by atoms with E-state index in [1.54, 1.807) is 0 Å². The lowest BCUT2D eigenvalue weighted by atomic mass is 10.1. The highest BCUT2D eigenvalue weighted by Gasteiger charge is 2.58. The first kappa shape index (κ1) is 21.1. The van der Waals surface area contributed by atoms with Crippen molar-refractivity contribution in [3.63, 3.8) is 0 Å². The maximum atomic E-state index is 10.8. The van der Waals surface area contributed by atoms with Crippen LogP contribution in [-0.2, 0) is 22.9 Å². The molecule has 0 aromatic heterocycles. The molecule has 14 heteroatoms. The molecule has 1 fully saturated rings. The summed E-state index contributed by atoms with van der Waals surface area (Å²) in [7, 11) is -10.1. The molecule has 0 unspecified atom stereocenters. The number of hydrogen-bond acceptors (Lipinski definition) is 8. The Morgan fingerprint density at radius 3 is 2.00 bits per heavy atom. The Morgan fingerprint density at radius 1 is 1.10 bits per heavy atom. The van der Waals surface area contributed by atoms with Gasteiger partial charge in [0.05, 0.1) is 6.61 Å². The predicted octanol–water partition coefficient (Wildman–Crippen LogP) is -2.35. The van der Waals surface area contributed by atoms with E-state index in [4.69, 9.17) is 29.4 Å². The fourth-order valence-corrected chi connectivity index (χ4v) is 2.55. The molecule has 0 bridgehead atoms. The van der Waals surface area contributed by atoms with Crippen molar-refractivity contribution in [2.75, 3.05) is 13.2 Å². The molecule has 21 heavy (non-hydrogen) atoms. The molecule has 0 aromatic carbocycles. The summed E-state index contributed by atoms with van der Waals surface area (Å²) in [6.07, 6.45) is -5.53. The van der Waals surface area contributed by atoms with Gasteiger partial charge in [-0.2, -0.15) is 0 Å². The second-order valence-corrected chi connectivity index (χ2v) is 6.33. The van der Waals surface area contributed by atoms with Gasteiger partial charge in [0.15, 0.2) is 0 Å². The fraction of sp³-hybridized carbons (Fsp3) is 1.00. The van der Waals surface area contributed by atoms with E-state index in [9.17, 15) is 19.3 Å². The maximum Gasteiger partial charge on any atom is 0.472 e. The molecular formula is C7H18O12P2. The van der Waals surface area contributed by atoms with E-state index in [1.807, 2.05) is 0 Å². The molecule has 7 N–H and O–H groups in total. The van der Waals surface area contributed by atoms with Gasteiger partial charge in [-0.25, -0.2) is 13.7 Å². The standard InChI is InChI=1S/C6H14O12P2.CH4/c7-2-6(18-20(13,14)15)5(9)4(8)3(17-6)1-16-19(10,11)12;/h3-5,7-9H,1-2H2,(H2,10,11,12)(H2,13,14,15);1H4/t3-,4-,5+,6+;/m1./s1. The summed E-state index contributed by atoms with van der Waals surface area (Å²) in [5.74, 6) is -2.64. The van der Waals surface area contributed by atoms with Gasteiger partial charge in [-0.1, -0.05) is 7.43 Å². The number of phosphoric ester groups is 2. The van der Waals surface area contributed by atoms with Crippen LogP contribution in [0.3, 0.4) is 0 Å². The molecule has 0 radical (unpaired) electrons. The number of hydrogen-bond donors (Lipinski definition) is 7. The van der Waals surface area contributed by atoms with Crippen molar-refractivity contribution in [1.82, 2.24) is 0 Å². The van der Waals surface area contributed by atoms with Crippen molar-refractivity contribution in [3.05, 3.63) is 0 Å². The minimum absolute atomic E-state index is 0. The average Bonchev–Trinajstić information content (AvgIpc) is 2.49. The van der Waals surface area contributed by atoms with Crippen LogP contribution in [0, 0.1) is 0 Å². The Balaban J connectivity index is 0.00000400. The zero-order valence-corrected chi connectivity index (χ0v) is 11.5. The van der Waals surface area contributed by atoms with Crippen LogP contribution < -0.4 is 0 Å². The minimum atomic E-state index is -5.19. The van der Waals surface area contributed by atoms with E-state index in [-0.39, 0.29) is 7.43 Å². The van der Waals surface area contributed by atoms with Gasteiger partial charge in [-0.15, -0.1) is 0 Å². The van der Waals surface area contributed by atoms with E-state index in [2.05, 4.69) is 9.05 Å². The maximum absolute atomic E-state index is 10.8. The predicted molar refractivity (Wildman–Crippen MR) is 64.6 cm³/mol. The van der Waals surface area contributed by atoms with Crippen molar-refractivity contribution in [1.29, 1.82) is 0 Å². The van der Waals surface area contributed by atoms with Crippen LogP contribution in [0.4, 0.5) is 0 Å². The molecule has 1 aliphatic heterocycles. The van der Waals surface area contributed by atoms with Crippen LogP contribution in [0.5, 0.6) is 0 Å². The number of phosphoric acid groups is 2. The van der Waals surface area contributed by atoms with Crippen LogP contribution in [0.15, 0.2) is 0 Å². The molecule has 4 atom stereocenters. The zero-order valence-electron chi connectivity index (χ0n) is 9.71. The summed E-state index contributed by atoms with van der Waals surface area (Å²) in [5.41, 5.74) is 0. The summed E-state index contributed by atoms with van der Waals surface area (Å²) in [6, 6.07) is 0. The van der Waals surface area contributed by atoms with Gasteiger partial charge in [0.1, 0.15) is 24.9 Å². The Labute approximate surface area is 119 Å². The molecule has 0 spiro atoms.